The van der Waals surface area contributed by atoms with Gasteiger partial charge in [0.2, 0.25) is 5.91 Å². The summed E-state index contributed by atoms with van der Waals surface area (Å²) < 4.78 is 0. The second-order valence-corrected chi connectivity index (χ2v) is 7.52. The van der Waals surface area contributed by atoms with Gasteiger partial charge in [0.15, 0.2) is 0 Å². The number of amides is 1. The van der Waals surface area contributed by atoms with E-state index in [0.29, 0.717) is 17.4 Å². The molecular weight excluding hydrogens is 310 g/mol. The van der Waals surface area contributed by atoms with E-state index in [1.54, 1.807) is 0 Å². The van der Waals surface area contributed by atoms with Gasteiger partial charge in [-0.1, -0.05) is 37.6 Å². The number of aliphatic hydroxyl groups excluding tert-OH is 1. The van der Waals surface area contributed by atoms with E-state index in [1.165, 1.54) is 0 Å². The summed E-state index contributed by atoms with van der Waals surface area (Å²) in [7, 11) is 0. The molecule has 2 rings (SSSR count). The SMILES string of the molecule is CC(C)C1(CCCO)CCN([C@@H](C)c2ccc(Cl)cc2)C(=O)C1. The highest BCUT2D eigenvalue weighted by Crippen LogP contribution is 2.44. The van der Waals surface area contributed by atoms with Crippen molar-refractivity contribution in [2.24, 2.45) is 11.3 Å². The third kappa shape index (κ3) is 4.07. The molecule has 4 heteroatoms. The molecule has 0 radical (unpaired) electrons. The van der Waals surface area contributed by atoms with Crippen molar-refractivity contribution in [3.8, 4) is 0 Å². The highest BCUT2D eigenvalue weighted by Gasteiger charge is 2.41. The lowest BCUT2D eigenvalue weighted by atomic mass is 9.67. The molecule has 1 saturated heterocycles. The molecule has 1 aliphatic rings. The Kier molecular flexibility index (Phi) is 6.10. The molecule has 1 heterocycles. The number of aliphatic hydroxyl groups is 1. The molecule has 1 N–H and O–H groups in total. The number of carbonyl (C=O) groups is 1. The number of piperidine rings is 1. The van der Waals surface area contributed by atoms with Gasteiger partial charge in [-0.3, -0.25) is 4.79 Å². The lowest BCUT2D eigenvalue weighted by Crippen LogP contribution is -2.47. The van der Waals surface area contributed by atoms with Crippen LogP contribution in [0, 0.1) is 11.3 Å². The predicted octanol–water partition coefficient (Wildman–Crippen LogP) is 4.44. The van der Waals surface area contributed by atoms with Crippen LogP contribution >= 0.6 is 11.6 Å². The van der Waals surface area contributed by atoms with Crippen LogP contribution in [0.2, 0.25) is 5.02 Å². The fourth-order valence-electron chi connectivity index (χ4n) is 3.72. The minimum atomic E-state index is 0.0377. The van der Waals surface area contributed by atoms with E-state index >= 15 is 0 Å². The molecule has 1 aromatic carbocycles. The van der Waals surface area contributed by atoms with E-state index in [1.807, 2.05) is 29.2 Å². The van der Waals surface area contributed by atoms with Gasteiger partial charge in [-0.2, -0.15) is 0 Å². The molecule has 0 bridgehead atoms. The zero-order chi connectivity index (χ0) is 17.0. The van der Waals surface area contributed by atoms with Crippen molar-refractivity contribution in [2.75, 3.05) is 13.2 Å². The van der Waals surface area contributed by atoms with Crippen LogP contribution in [-0.4, -0.2) is 29.1 Å². The topological polar surface area (TPSA) is 40.5 Å². The summed E-state index contributed by atoms with van der Waals surface area (Å²) in [5.74, 6) is 0.677. The van der Waals surface area contributed by atoms with Gasteiger partial charge >= 0.3 is 0 Å². The summed E-state index contributed by atoms with van der Waals surface area (Å²) in [6.45, 7) is 7.46. The molecule has 128 valence electrons. The summed E-state index contributed by atoms with van der Waals surface area (Å²) >= 11 is 5.95. The molecule has 0 aromatic heterocycles. The Hall–Kier alpha value is -1.06. The quantitative estimate of drug-likeness (QED) is 0.833. The molecule has 1 fully saturated rings. The summed E-state index contributed by atoms with van der Waals surface area (Å²) in [5, 5.41) is 9.88. The number of rotatable bonds is 6. The van der Waals surface area contributed by atoms with E-state index in [0.717, 1.165) is 31.4 Å². The van der Waals surface area contributed by atoms with Gasteiger partial charge in [-0.25, -0.2) is 0 Å². The van der Waals surface area contributed by atoms with Crippen LogP contribution in [0.4, 0.5) is 0 Å². The largest absolute Gasteiger partial charge is 0.396 e. The minimum absolute atomic E-state index is 0.0377. The molecule has 0 saturated carbocycles. The summed E-state index contributed by atoms with van der Waals surface area (Å²) in [6.07, 6.45) is 3.30. The van der Waals surface area contributed by atoms with Crippen LogP contribution in [-0.2, 0) is 4.79 Å². The average Bonchev–Trinajstić information content (AvgIpc) is 2.53. The first kappa shape index (κ1) is 18.3. The van der Waals surface area contributed by atoms with Crippen molar-refractivity contribution >= 4 is 17.5 Å². The maximum Gasteiger partial charge on any atom is 0.223 e. The predicted molar refractivity (Wildman–Crippen MR) is 94.4 cm³/mol. The van der Waals surface area contributed by atoms with Gasteiger partial charge in [0.25, 0.3) is 0 Å². The molecule has 1 unspecified atom stereocenters. The van der Waals surface area contributed by atoms with Gasteiger partial charge < -0.3 is 10.0 Å². The minimum Gasteiger partial charge on any atom is -0.396 e. The molecule has 23 heavy (non-hydrogen) atoms. The molecule has 2 atom stereocenters. The lowest BCUT2D eigenvalue weighted by Gasteiger charge is -2.46. The summed E-state index contributed by atoms with van der Waals surface area (Å²) in [6, 6.07) is 7.82. The summed E-state index contributed by atoms with van der Waals surface area (Å²) in [5.41, 5.74) is 1.16. The highest BCUT2D eigenvalue weighted by molar-refractivity contribution is 6.30. The van der Waals surface area contributed by atoms with E-state index in [9.17, 15) is 4.79 Å². The molecule has 1 amide bonds. The van der Waals surface area contributed by atoms with Crippen LogP contribution in [0.25, 0.3) is 0 Å². The van der Waals surface area contributed by atoms with E-state index < -0.39 is 0 Å². The summed E-state index contributed by atoms with van der Waals surface area (Å²) in [4.78, 5) is 14.8. The fourth-order valence-corrected chi connectivity index (χ4v) is 3.84. The number of halogens is 1. The first-order chi connectivity index (χ1) is 10.9. The third-order valence-corrected chi connectivity index (χ3v) is 5.80. The van der Waals surface area contributed by atoms with Crippen molar-refractivity contribution in [3.63, 3.8) is 0 Å². The van der Waals surface area contributed by atoms with E-state index in [-0.39, 0.29) is 24.0 Å². The molecule has 0 spiro atoms. The fraction of sp³-hybridized carbons (Fsp3) is 0.632. The van der Waals surface area contributed by atoms with Gasteiger partial charge in [-0.05, 0) is 55.2 Å². The van der Waals surface area contributed by atoms with Gasteiger partial charge in [0, 0.05) is 24.6 Å². The molecule has 3 nitrogen and oxygen atoms in total. The molecular formula is C19H28ClNO2. The van der Waals surface area contributed by atoms with Crippen molar-refractivity contribution in [2.45, 2.75) is 52.5 Å². The Bertz CT molecular complexity index is 529. The van der Waals surface area contributed by atoms with Crippen molar-refractivity contribution < 1.29 is 9.90 Å². The van der Waals surface area contributed by atoms with Crippen LogP contribution < -0.4 is 0 Å². The first-order valence-electron chi connectivity index (χ1n) is 8.55. The Balaban J connectivity index is 2.10. The second-order valence-electron chi connectivity index (χ2n) is 7.09. The van der Waals surface area contributed by atoms with Crippen LogP contribution in [0.3, 0.4) is 0 Å². The number of benzene rings is 1. The number of hydrogen-bond acceptors (Lipinski definition) is 2. The molecule has 0 aliphatic carbocycles. The normalized spacial score (nSPS) is 23.4. The third-order valence-electron chi connectivity index (χ3n) is 5.55. The molecule has 1 aliphatic heterocycles. The zero-order valence-corrected chi connectivity index (χ0v) is 15.1. The van der Waals surface area contributed by atoms with Crippen LogP contribution in [0.1, 0.15) is 58.1 Å². The average molecular weight is 338 g/mol. The smallest absolute Gasteiger partial charge is 0.223 e. The number of hydrogen-bond donors (Lipinski definition) is 1. The van der Waals surface area contributed by atoms with Crippen LogP contribution in [0.5, 0.6) is 0 Å². The Morgan fingerprint density at radius 1 is 1.26 bits per heavy atom. The van der Waals surface area contributed by atoms with Crippen molar-refractivity contribution in [1.29, 1.82) is 0 Å². The molecule has 1 aromatic rings. The second kappa shape index (κ2) is 7.67. The van der Waals surface area contributed by atoms with Gasteiger partial charge in [0.1, 0.15) is 0 Å². The van der Waals surface area contributed by atoms with E-state index in [2.05, 4.69) is 20.8 Å². The Morgan fingerprint density at radius 3 is 2.43 bits per heavy atom. The van der Waals surface area contributed by atoms with Gasteiger partial charge in [0.05, 0.1) is 6.04 Å². The number of likely N-dealkylation sites (tertiary alicyclic amines) is 1. The maximum absolute atomic E-state index is 12.8. The van der Waals surface area contributed by atoms with Gasteiger partial charge in [-0.15, -0.1) is 0 Å². The van der Waals surface area contributed by atoms with Crippen LogP contribution in [0.15, 0.2) is 24.3 Å². The standard InChI is InChI=1S/C19H28ClNO2/c1-14(2)19(9-4-12-22)10-11-21(18(23)13-19)15(3)16-5-7-17(20)8-6-16/h5-8,14-15,22H,4,9-13H2,1-3H3/t15-,19?/m0/s1. The van der Waals surface area contributed by atoms with E-state index in [4.69, 9.17) is 16.7 Å². The maximum atomic E-state index is 12.8. The Morgan fingerprint density at radius 2 is 1.91 bits per heavy atom. The zero-order valence-electron chi connectivity index (χ0n) is 14.4. The Labute approximate surface area is 144 Å². The lowest BCUT2D eigenvalue weighted by molar-refractivity contribution is -0.143. The monoisotopic (exact) mass is 337 g/mol. The van der Waals surface area contributed by atoms with Crippen molar-refractivity contribution in [3.05, 3.63) is 34.9 Å². The first-order valence-corrected chi connectivity index (χ1v) is 8.93. The van der Waals surface area contributed by atoms with Crippen molar-refractivity contribution in [1.82, 2.24) is 4.90 Å². The highest BCUT2D eigenvalue weighted by atomic mass is 35.5. The number of nitrogens with zero attached hydrogens (tertiary/aromatic N) is 1. The number of carbonyl (C=O) groups excluding carboxylic acids is 1.